The average molecular weight is 1130 g/mol. The topological polar surface area (TPSA) is 34.2 Å². The minimum atomic E-state index is -0.668. The van der Waals surface area contributed by atoms with E-state index in [1.165, 1.54) is 66.7 Å². The summed E-state index contributed by atoms with van der Waals surface area (Å²) in [6.45, 7) is 22.9. The number of nitrogens with zero attached hydrogens (tertiary/aromatic N) is 2. The maximum Gasteiger partial charge on any atom is 0.251 e. The lowest BCUT2D eigenvalue weighted by molar-refractivity contribution is 0.433. The Labute approximate surface area is 512 Å². The molecule has 0 unspecified atom stereocenters. The van der Waals surface area contributed by atoms with Gasteiger partial charge in [0.25, 0.3) is 6.71 Å². The van der Waals surface area contributed by atoms with Crippen LogP contribution in [0.2, 0.25) is 0 Å². The summed E-state index contributed by atoms with van der Waals surface area (Å²) in [6.07, 6.45) is 0. The highest BCUT2D eigenvalue weighted by atomic mass is 16.5. The highest BCUT2D eigenvalue weighted by Gasteiger charge is 2.54. The predicted octanol–water partition coefficient (Wildman–Crippen LogP) is 19.5. The van der Waals surface area contributed by atoms with Crippen molar-refractivity contribution in [3.63, 3.8) is 0 Å². The van der Waals surface area contributed by atoms with Gasteiger partial charge in [0.15, 0.2) is 0 Å². The van der Waals surface area contributed by atoms with E-state index in [-0.39, 0.29) is 18.5 Å². The molecule has 11 aromatic carbocycles. The number of anilines is 6. The number of ether oxygens (including phenoxy) is 3. The Bertz CT molecular complexity index is 4210. The number of fused-ring (bicyclic) bond motifs is 18. The van der Waals surface area contributed by atoms with Gasteiger partial charge >= 0.3 is 0 Å². The molecule has 16 rings (SSSR count). The first-order chi connectivity index (χ1) is 42.2. The molecule has 0 aliphatic carbocycles. The van der Waals surface area contributed by atoms with Gasteiger partial charge in [-0.2, -0.15) is 0 Å². The summed E-state index contributed by atoms with van der Waals surface area (Å²) in [5.74, 6) is 6.12. The molecule has 0 radical (unpaired) electrons. The summed E-state index contributed by atoms with van der Waals surface area (Å²) in [5.41, 5.74) is 27.2. The molecule has 11 aromatic rings. The zero-order valence-electron chi connectivity index (χ0n) is 51.2. The van der Waals surface area contributed by atoms with Crippen molar-refractivity contribution in [1.82, 2.24) is 0 Å². The van der Waals surface area contributed by atoms with E-state index in [4.69, 9.17) is 14.2 Å². The minimum absolute atomic E-state index is 0.127. The Kier molecular flexibility index (Phi) is 11.9. The smallest absolute Gasteiger partial charge is 0.251 e. The van der Waals surface area contributed by atoms with Gasteiger partial charge in [-0.05, 0) is 156 Å². The van der Waals surface area contributed by atoms with Crippen LogP contribution in [0.5, 0.6) is 34.5 Å². The van der Waals surface area contributed by atoms with Crippen LogP contribution >= 0.6 is 0 Å². The van der Waals surface area contributed by atoms with Crippen molar-refractivity contribution < 1.29 is 14.2 Å². The van der Waals surface area contributed by atoms with Crippen LogP contribution in [0.15, 0.2) is 218 Å². The van der Waals surface area contributed by atoms with E-state index in [0.29, 0.717) is 5.92 Å². The van der Waals surface area contributed by atoms with Gasteiger partial charge in [-0.3, -0.25) is 0 Å². The number of benzene rings is 11. The van der Waals surface area contributed by atoms with Crippen molar-refractivity contribution in [2.75, 3.05) is 9.80 Å². The average Bonchev–Trinajstić information content (AvgIpc) is 0.696. The third kappa shape index (κ3) is 7.59. The van der Waals surface area contributed by atoms with Crippen molar-refractivity contribution in [3.05, 3.63) is 302 Å². The largest absolute Gasteiger partial charge is 0.458 e. The van der Waals surface area contributed by atoms with Crippen molar-refractivity contribution in [3.8, 4) is 34.5 Å². The van der Waals surface area contributed by atoms with Crippen molar-refractivity contribution in [2.24, 2.45) is 0 Å². The zero-order chi connectivity index (χ0) is 59.4. The lowest BCUT2D eigenvalue weighted by atomic mass is 9.34. The first kappa shape index (κ1) is 53.0. The number of hydrogen-bond acceptors (Lipinski definition) is 5. The SMILES string of the molecule is Cc1ccc2c(c1)C1(c3ccccc3Oc3ccccc31)c1cc(C)ccc1N2c1ccc2c(c1)Oc1cc(N3c4ccc(C)cc4C4(c5ccccc5Oc5ccccc54)c4cc(C)ccc43)ccc1B2c1c(C(C)C)cc(C(C)C)cc1C(C)C. The molecule has 0 amide bonds. The standard InChI is InChI=1S/C81H69BN2O3/c1-47(2)54-43-57(48(3)4)79(58(44-54)49(5)6)82-67-33-31-55(83-69-35-27-50(7)39-63(69)80(64-40-51(8)28-36-70(64)83)59-19-11-15-23-73(59)85-74-24-16-12-20-60(74)80)45-77(67)87-78-46-56(32-34-68(78)82)84-71-37-29-52(9)41-65(71)81(66-42-53(10)30-38-72(66)84)61-21-13-17-25-75(61)86-76-26-18-14-22-62(76)81/h11-49H,1-10H3. The Hall–Kier alpha value is -9.52. The molecule has 0 N–H and O–H groups in total. The summed E-state index contributed by atoms with van der Waals surface area (Å²) < 4.78 is 21.3. The molecule has 5 nitrogen and oxygen atoms in total. The monoisotopic (exact) mass is 1130 g/mol. The number of rotatable bonds is 6. The second-order valence-electron chi connectivity index (χ2n) is 26.0. The summed E-state index contributed by atoms with van der Waals surface area (Å²) >= 11 is 0. The Balaban J connectivity index is 0.930. The van der Waals surface area contributed by atoms with E-state index < -0.39 is 10.8 Å². The fraction of sp³-hybridized carbons (Fsp3) is 0.185. The summed E-state index contributed by atoms with van der Waals surface area (Å²) in [4.78, 5) is 4.98. The van der Waals surface area contributed by atoms with E-state index >= 15 is 0 Å². The van der Waals surface area contributed by atoms with Crippen LogP contribution in [0, 0.1) is 27.7 Å². The lowest BCUT2D eigenvalue weighted by Crippen LogP contribution is -2.57. The number of hydrogen-bond donors (Lipinski definition) is 0. The van der Waals surface area contributed by atoms with Crippen LogP contribution in [0.1, 0.15) is 143 Å². The molecule has 87 heavy (non-hydrogen) atoms. The molecule has 0 fully saturated rings. The molecule has 0 saturated carbocycles. The van der Waals surface area contributed by atoms with E-state index in [9.17, 15) is 0 Å². The zero-order valence-corrected chi connectivity index (χ0v) is 51.2. The fourth-order valence-electron chi connectivity index (χ4n) is 15.8. The van der Waals surface area contributed by atoms with Gasteiger partial charge in [0.05, 0.1) is 33.6 Å². The Morgan fingerprint density at radius 1 is 0.310 bits per heavy atom. The predicted molar refractivity (Wildman–Crippen MR) is 359 cm³/mol. The van der Waals surface area contributed by atoms with Gasteiger partial charge in [-0.25, -0.2) is 0 Å². The molecule has 0 bridgehead atoms. The minimum Gasteiger partial charge on any atom is -0.458 e. The maximum atomic E-state index is 7.70. The molecule has 5 aliphatic rings. The van der Waals surface area contributed by atoms with Gasteiger partial charge in [0, 0.05) is 45.8 Å². The molecule has 5 aliphatic heterocycles. The Morgan fingerprint density at radius 3 is 0.931 bits per heavy atom. The normalized spacial score (nSPS) is 14.8. The van der Waals surface area contributed by atoms with Crippen LogP contribution in [0.25, 0.3) is 0 Å². The quantitative estimate of drug-likeness (QED) is 0.155. The first-order valence-corrected chi connectivity index (χ1v) is 31.2. The van der Waals surface area contributed by atoms with E-state index in [0.717, 1.165) is 102 Å². The van der Waals surface area contributed by atoms with E-state index in [1.54, 1.807) is 0 Å². The number of para-hydroxylation sites is 4. The second-order valence-corrected chi connectivity index (χ2v) is 26.0. The van der Waals surface area contributed by atoms with Gasteiger partial charge in [-0.15, -0.1) is 0 Å². The van der Waals surface area contributed by atoms with E-state index in [1.807, 2.05) is 0 Å². The Morgan fingerprint density at radius 2 is 0.621 bits per heavy atom. The van der Waals surface area contributed by atoms with Crippen molar-refractivity contribution in [2.45, 2.75) is 97.8 Å². The van der Waals surface area contributed by atoms with Crippen LogP contribution in [0.4, 0.5) is 34.1 Å². The molecule has 2 spiro atoms. The van der Waals surface area contributed by atoms with Crippen LogP contribution < -0.4 is 40.4 Å². The summed E-state index contributed by atoms with van der Waals surface area (Å²) in [5, 5.41) is 0. The van der Waals surface area contributed by atoms with Gasteiger partial charge in [-0.1, -0.05) is 215 Å². The van der Waals surface area contributed by atoms with Crippen LogP contribution in [0.3, 0.4) is 0 Å². The van der Waals surface area contributed by atoms with Crippen LogP contribution in [-0.4, -0.2) is 6.71 Å². The molecule has 0 atom stereocenters. The van der Waals surface area contributed by atoms with Crippen LogP contribution in [-0.2, 0) is 10.8 Å². The number of aryl methyl sites for hydroxylation is 4. The molecular weight excluding hydrogens is 1060 g/mol. The third-order valence-corrected chi connectivity index (χ3v) is 19.6. The van der Waals surface area contributed by atoms with E-state index in [2.05, 4.69) is 297 Å². The summed E-state index contributed by atoms with van der Waals surface area (Å²) in [6, 6.07) is 81.8. The molecular formula is C81H69BN2O3. The second kappa shape index (κ2) is 19.5. The van der Waals surface area contributed by atoms with Gasteiger partial charge in [0.1, 0.15) is 34.5 Å². The lowest BCUT2D eigenvalue weighted by Gasteiger charge is -2.49. The molecule has 424 valence electrons. The maximum absolute atomic E-state index is 7.70. The fourth-order valence-corrected chi connectivity index (χ4v) is 15.8. The third-order valence-electron chi connectivity index (χ3n) is 19.6. The first-order valence-electron chi connectivity index (χ1n) is 31.2. The summed E-state index contributed by atoms with van der Waals surface area (Å²) in [7, 11) is 0. The molecule has 5 heterocycles. The molecule has 0 saturated heterocycles. The highest BCUT2D eigenvalue weighted by molar-refractivity contribution is 6.97. The molecule has 6 heteroatoms. The van der Waals surface area contributed by atoms with Crippen molar-refractivity contribution >= 4 is 57.2 Å². The molecule has 0 aromatic heterocycles. The van der Waals surface area contributed by atoms with Crippen molar-refractivity contribution in [1.29, 1.82) is 0 Å². The van der Waals surface area contributed by atoms with Gasteiger partial charge in [0.2, 0.25) is 0 Å². The van der Waals surface area contributed by atoms with Gasteiger partial charge < -0.3 is 24.0 Å². The highest BCUT2D eigenvalue weighted by Crippen LogP contribution is 2.65.